The smallest absolute Gasteiger partial charge is 0.657 e. The molecule has 6 aliphatic rings. The number of imide groups is 2. The Morgan fingerprint density at radius 2 is 0.824 bits per heavy atom. The number of hydrogen-bond donors (Lipinski definition) is 2. The van der Waals surface area contributed by atoms with E-state index in [1.807, 2.05) is 76.2 Å². The zero-order valence-electron chi connectivity index (χ0n) is 52.0. The Balaban J connectivity index is 0.00000803. The molecule has 0 radical (unpaired) electrons. The van der Waals surface area contributed by atoms with Crippen LogP contribution >= 0.6 is 0 Å². The van der Waals surface area contributed by atoms with Gasteiger partial charge in [0.2, 0.25) is 23.6 Å². The summed E-state index contributed by atoms with van der Waals surface area (Å²) in [7, 11) is 0. The monoisotopic (exact) mass is 1190 g/mol. The number of piperidine rings is 2. The van der Waals surface area contributed by atoms with Gasteiger partial charge in [0.25, 0.3) is 0 Å². The Morgan fingerprint density at radius 1 is 0.506 bits per heavy atom. The first-order chi connectivity index (χ1) is 39.5. The summed E-state index contributed by atoms with van der Waals surface area (Å²) in [5.41, 5.74) is 11.7. The molecule has 2 aliphatic carbocycles. The Labute approximate surface area is 511 Å². The SMILES string of the molecule is CCC1=C(C)c2nc1cc1[n-]c(c(C)c1CC)c(-c1ccccc1CN1C(=O)[C@@]3(C)CC(C)(C(=O)O)C[C@](C)(C3)C1=O)c1nc(cc3[n-]c(c(C)c3CC)c2-c2ccccc2CN2C(=O)[C@@]3(C)CC(C)(C(=O)O)C[C@](C)(C3)C2=O)C(CC)=C1C.[Zn+2]. The van der Waals surface area contributed by atoms with Crippen molar-refractivity contribution in [2.75, 3.05) is 0 Å². The van der Waals surface area contributed by atoms with Gasteiger partial charge < -0.3 is 20.2 Å². The molecule has 438 valence electrons. The fraction of sp³-hybridized carbons (Fsp3) is 0.457. The number of aryl methyl sites for hydroxylation is 4. The molecule has 15 heteroatoms. The van der Waals surface area contributed by atoms with Crippen LogP contribution in [-0.2, 0) is 74.2 Å². The van der Waals surface area contributed by atoms with Crippen LogP contribution in [0.2, 0.25) is 0 Å². The number of aromatic nitrogens is 4. The van der Waals surface area contributed by atoms with E-state index >= 15 is 0 Å². The molecule has 2 saturated heterocycles. The van der Waals surface area contributed by atoms with E-state index in [0.717, 1.165) is 123 Å². The number of benzene rings is 2. The first kappa shape index (κ1) is 61.0. The van der Waals surface area contributed by atoms with E-state index in [0.29, 0.717) is 25.7 Å². The maximum Gasteiger partial charge on any atom is 2.00 e. The minimum Gasteiger partial charge on any atom is -0.657 e. The third-order valence-electron chi connectivity index (χ3n) is 20.3. The predicted molar refractivity (Wildman–Crippen MR) is 326 cm³/mol. The minimum atomic E-state index is -1.23. The van der Waals surface area contributed by atoms with Crippen LogP contribution in [0, 0.1) is 46.3 Å². The standard InChI is InChI=1S/C70H80N6O8.Zn/c1-15-43-37(5)55-53(47-25-21-19-23-41(47)29-75-59(77)65(9)31-66(10,60(75)78)34-69(13,33-65)63(81)82)56-39(7)45(17-3)51(73-56)28-52-46(18-4)40(8)58(74-52)54(57-38(6)44(16-2)50(72-57)27-49(43)71-55)48-26-22-20-24-42(48)30-76-61(79)67(11)32-68(12,62(76)80)36-70(14,35-67)64(83)84;/h19-28H,15-18,29-36H2,1-14H3,(H4,71,72,73,74,81,82,83,84);/q;+2/p-2/t65-,66+,67-,68+,69?,70?;. The molecular weight excluding hydrogens is 1120 g/mol. The van der Waals surface area contributed by atoms with E-state index in [-0.39, 0.29) is 94.7 Å². The van der Waals surface area contributed by atoms with Crippen molar-refractivity contribution in [3.63, 3.8) is 0 Å². The number of carboxylic acids is 2. The average Bonchev–Trinajstić information content (AvgIpc) is 1.69. The zero-order valence-corrected chi connectivity index (χ0v) is 55.0. The molecule has 11 rings (SSSR count). The van der Waals surface area contributed by atoms with Crippen molar-refractivity contribution in [3.05, 3.63) is 117 Å². The molecule has 2 unspecified atom stereocenters. The topological polar surface area (TPSA) is 203 Å². The van der Waals surface area contributed by atoms with Gasteiger partial charge in [0, 0.05) is 21.7 Å². The molecular formula is C70H78N6O8Zn. The molecule has 12 bridgehead atoms. The van der Waals surface area contributed by atoms with Crippen molar-refractivity contribution in [1.29, 1.82) is 0 Å². The number of likely N-dealkylation sites (tertiary alicyclic amines) is 2. The van der Waals surface area contributed by atoms with E-state index < -0.39 is 44.4 Å². The number of carboxylic acid groups (broad SMARTS) is 2. The fourth-order valence-electron chi connectivity index (χ4n) is 17.0. The Bertz CT molecular complexity index is 3710. The van der Waals surface area contributed by atoms with Crippen LogP contribution in [-0.4, -0.2) is 65.5 Å². The van der Waals surface area contributed by atoms with Gasteiger partial charge in [0.15, 0.2) is 0 Å². The zero-order chi connectivity index (χ0) is 60.7. The van der Waals surface area contributed by atoms with E-state index in [1.54, 1.807) is 13.8 Å². The second-order valence-electron chi connectivity index (χ2n) is 27.0. The maximum absolute atomic E-state index is 14.8. The number of aliphatic carboxylic acids is 2. The summed E-state index contributed by atoms with van der Waals surface area (Å²) in [4.78, 5) is 110. The molecule has 4 amide bonds. The molecule has 5 aromatic rings. The van der Waals surface area contributed by atoms with Crippen LogP contribution in [0.25, 0.3) is 66.6 Å². The maximum atomic E-state index is 14.8. The number of amides is 4. The van der Waals surface area contributed by atoms with E-state index in [4.69, 9.17) is 19.9 Å². The van der Waals surface area contributed by atoms with Crippen molar-refractivity contribution in [3.8, 4) is 22.3 Å². The normalized spacial score (nSPS) is 26.6. The first-order valence-corrected chi connectivity index (χ1v) is 30.0. The summed E-state index contributed by atoms with van der Waals surface area (Å²) in [5, 5.41) is 20.8. The largest absolute Gasteiger partial charge is 2.00 e. The van der Waals surface area contributed by atoms with Crippen molar-refractivity contribution < 1.29 is 58.5 Å². The number of carbonyl (C=O) groups excluding carboxylic acids is 4. The van der Waals surface area contributed by atoms with Crippen molar-refractivity contribution in [2.45, 2.75) is 174 Å². The van der Waals surface area contributed by atoms with Crippen LogP contribution in [0.3, 0.4) is 0 Å². The summed E-state index contributed by atoms with van der Waals surface area (Å²) in [5.74, 6) is -3.46. The molecule has 0 spiro atoms. The van der Waals surface area contributed by atoms with Gasteiger partial charge in [-0.25, -0.2) is 9.97 Å². The van der Waals surface area contributed by atoms with E-state index in [2.05, 4.69) is 67.5 Å². The van der Waals surface area contributed by atoms with Crippen LogP contribution in [0.1, 0.15) is 191 Å². The minimum absolute atomic E-state index is 0. The molecule has 14 nitrogen and oxygen atoms in total. The number of carbonyl (C=O) groups is 6. The quantitative estimate of drug-likeness (QED) is 0.0885. The van der Waals surface area contributed by atoms with E-state index in [9.17, 15) is 39.0 Å². The summed E-state index contributed by atoms with van der Waals surface area (Å²) in [6.07, 6.45) is 3.67. The van der Waals surface area contributed by atoms with Crippen LogP contribution < -0.4 is 9.97 Å². The van der Waals surface area contributed by atoms with Gasteiger partial charge in [-0.3, -0.25) is 38.6 Å². The van der Waals surface area contributed by atoms with Gasteiger partial charge in [-0.1, -0.05) is 138 Å². The average molecular weight is 1200 g/mol. The Kier molecular flexibility index (Phi) is 15.1. The summed E-state index contributed by atoms with van der Waals surface area (Å²) < 4.78 is 0. The molecule has 6 atom stereocenters. The van der Waals surface area contributed by atoms with Gasteiger partial charge in [-0.05, 0) is 161 Å². The number of allylic oxidation sites excluding steroid dienone is 4. The van der Waals surface area contributed by atoms with Crippen LogP contribution in [0.4, 0.5) is 0 Å². The summed E-state index contributed by atoms with van der Waals surface area (Å²) >= 11 is 0. The number of hydrogen-bond acceptors (Lipinski definition) is 8. The number of fused-ring (bicyclic) bond motifs is 12. The predicted octanol–water partition coefficient (Wildman–Crippen LogP) is 13.6. The van der Waals surface area contributed by atoms with Crippen molar-refractivity contribution in [2.24, 2.45) is 32.5 Å². The van der Waals surface area contributed by atoms with Gasteiger partial charge in [-0.15, -0.1) is 22.1 Å². The van der Waals surface area contributed by atoms with Crippen LogP contribution in [0.5, 0.6) is 0 Å². The van der Waals surface area contributed by atoms with Crippen molar-refractivity contribution in [1.82, 2.24) is 29.7 Å². The molecule has 4 aliphatic heterocycles. The van der Waals surface area contributed by atoms with Crippen LogP contribution in [0.15, 0.2) is 60.7 Å². The Morgan fingerprint density at radius 3 is 1.12 bits per heavy atom. The molecule has 4 fully saturated rings. The third-order valence-corrected chi connectivity index (χ3v) is 20.3. The molecule has 85 heavy (non-hydrogen) atoms. The Hall–Kier alpha value is -7.12. The number of rotatable bonds is 12. The second kappa shape index (κ2) is 21.1. The van der Waals surface area contributed by atoms with Crippen molar-refractivity contribution >= 4 is 79.9 Å². The fourth-order valence-corrected chi connectivity index (χ4v) is 17.0. The third kappa shape index (κ3) is 9.34. The van der Waals surface area contributed by atoms with E-state index in [1.165, 1.54) is 9.80 Å². The molecule has 7 heterocycles. The van der Waals surface area contributed by atoms with Gasteiger partial charge in [0.05, 0.1) is 46.7 Å². The summed E-state index contributed by atoms with van der Waals surface area (Å²) in [6.45, 7) is 27.4. The summed E-state index contributed by atoms with van der Waals surface area (Å²) in [6, 6.07) is 19.9. The van der Waals surface area contributed by atoms with Gasteiger partial charge in [0.1, 0.15) is 0 Å². The van der Waals surface area contributed by atoms with Gasteiger partial charge >= 0.3 is 31.4 Å². The molecule has 2 aromatic carbocycles. The number of nitrogens with zero attached hydrogens (tertiary/aromatic N) is 6. The molecule has 2 saturated carbocycles. The first-order valence-electron chi connectivity index (χ1n) is 30.0. The molecule has 3 aromatic heterocycles. The van der Waals surface area contributed by atoms with Gasteiger partial charge in [-0.2, -0.15) is 0 Å². The molecule has 2 N–H and O–H groups in total. The second-order valence-corrected chi connectivity index (χ2v) is 27.0.